The highest BCUT2D eigenvalue weighted by Gasteiger charge is 2.43. The van der Waals surface area contributed by atoms with Crippen molar-refractivity contribution in [1.82, 2.24) is 24.5 Å². The smallest absolute Gasteiger partial charge is 0.398 e. The highest BCUT2D eigenvalue weighted by atomic mass is 31.2. The van der Waals surface area contributed by atoms with Crippen LogP contribution in [0.4, 0.5) is 29.1 Å². The van der Waals surface area contributed by atoms with E-state index in [1.807, 2.05) is 0 Å². The fraction of sp³-hybridized carbons (Fsp3) is 0.360. The lowest BCUT2D eigenvalue weighted by molar-refractivity contribution is -0.0529. The van der Waals surface area contributed by atoms with Gasteiger partial charge in [-0.3, -0.25) is 14.4 Å². The Labute approximate surface area is 241 Å². The normalized spacial score (nSPS) is 19.5. The molecule has 0 spiro atoms. The van der Waals surface area contributed by atoms with E-state index in [1.54, 1.807) is 9.47 Å². The van der Waals surface area contributed by atoms with Gasteiger partial charge in [0.05, 0.1) is 36.0 Å². The molecule has 0 amide bonds. The first kappa shape index (κ1) is 30.6. The van der Waals surface area contributed by atoms with Crippen molar-refractivity contribution in [1.29, 1.82) is 0 Å². The first-order valence-electron chi connectivity index (χ1n) is 12.8. The highest BCUT2D eigenvalue weighted by Crippen LogP contribution is 2.45. The van der Waals surface area contributed by atoms with Crippen molar-refractivity contribution in [2.45, 2.75) is 37.5 Å². The maximum absolute atomic E-state index is 14.9. The third-order valence-corrected chi connectivity index (χ3v) is 8.07. The third kappa shape index (κ3) is 6.12. The molecule has 0 aliphatic carbocycles. The molecule has 3 aromatic heterocycles. The summed E-state index contributed by atoms with van der Waals surface area (Å²) in [7, 11) is -3.91. The van der Waals surface area contributed by atoms with Gasteiger partial charge < -0.3 is 30.6 Å². The van der Waals surface area contributed by atoms with Crippen LogP contribution in [0.3, 0.4) is 0 Å². The molecule has 13 nitrogen and oxygen atoms in total. The average Bonchev–Trinajstić information content (AvgIpc) is 3.38. The van der Waals surface area contributed by atoms with Crippen LogP contribution in [0.5, 0.6) is 5.75 Å². The summed E-state index contributed by atoms with van der Waals surface area (Å²) in [5, 5.41) is 10.2. The molecule has 1 aromatic carbocycles. The molecule has 1 saturated heterocycles. The monoisotopic (exact) mass is 626 g/mol. The number of aliphatic hydroxyl groups excluding tert-OH is 1. The molecule has 0 saturated carbocycles. The number of hydrogen-bond donors (Lipinski definition) is 4. The van der Waals surface area contributed by atoms with Gasteiger partial charge in [-0.1, -0.05) is 0 Å². The molecule has 4 heterocycles. The Morgan fingerprint density at radius 1 is 1.16 bits per heavy atom. The van der Waals surface area contributed by atoms with E-state index in [2.05, 4.69) is 29.0 Å². The van der Waals surface area contributed by atoms with Crippen LogP contribution in [0.25, 0.3) is 22.4 Å². The van der Waals surface area contributed by atoms with Crippen molar-refractivity contribution in [2.75, 3.05) is 30.8 Å². The van der Waals surface area contributed by atoms with Gasteiger partial charge in [0.15, 0.2) is 23.1 Å². The fourth-order valence-corrected chi connectivity index (χ4v) is 5.49. The first-order valence-corrected chi connectivity index (χ1v) is 14.3. The van der Waals surface area contributed by atoms with E-state index in [0.29, 0.717) is 35.4 Å². The number of piperidine rings is 1. The number of fused-ring (bicyclic) bond motifs is 1. The minimum absolute atomic E-state index is 0.0395. The molecule has 4 aromatic rings. The zero-order valence-corrected chi connectivity index (χ0v) is 23.5. The number of hydrogen-bond acceptors (Lipinski definition) is 11. The van der Waals surface area contributed by atoms with Gasteiger partial charge in [-0.2, -0.15) is 0 Å². The molecular formula is C25H27F4N8O5P. The largest absolute Gasteiger partial charge is 0.527 e. The molecular weight excluding hydrogens is 599 g/mol. The molecule has 1 aliphatic rings. The second-order valence-corrected chi connectivity index (χ2v) is 11.5. The van der Waals surface area contributed by atoms with E-state index in [4.69, 9.17) is 11.5 Å². The molecule has 0 bridgehead atoms. The number of nitrogens with zero attached hydrogens (tertiary/aromatic N) is 6. The molecule has 5 rings (SSSR count). The van der Waals surface area contributed by atoms with Gasteiger partial charge in [-0.15, -0.1) is 0 Å². The molecule has 230 valence electrons. The van der Waals surface area contributed by atoms with E-state index in [0.717, 1.165) is 19.2 Å². The van der Waals surface area contributed by atoms with E-state index in [1.165, 1.54) is 24.9 Å². The number of aliphatic hydroxyl groups is 1. The number of rotatable bonds is 9. The molecule has 0 radical (unpaired) electrons. The molecule has 1 fully saturated rings. The summed E-state index contributed by atoms with van der Waals surface area (Å²) in [6, 6.07) is 3.26. The number of nitrogens with two attached hydrogens (primary N) is 2. The Morgan fingerprint density at radius 2 is 1.88 bits per heavy atom. The zero-order chi connectivity index (χ0) is 31.1. The van der Waals surface area contributed by atoms with Crippen molar-refractivity contribution >= 4 is 30.5 Å². The number of anilines is 2. The van der Waals surface area contributed by atoms with Crippen LogP contribution in [-0.2, 0) is 15.6 Å². The number of phosphoric ester groups is 1. The Bertz CT molecular complexity index is 1690. The second kappa shape index (κ2) is 11.7. The topological polar surface area (TPSA) is 188 Å². The van der Waals surface area contributed by atoms with Crippen molar-refractivity contribution < 1.29 is 41.2 Å². The molecule has 43 heavy (non-hydrogen) atoms. The first-order chi connectivity index (χ1) is 20.3. The number of phosphoric acid groups is 1. The van der Waals surface area contributed by atoms with Crippen LogP contribution in [-0.4, -0.2) is 72.8 Å². The number of alkyl halides is 2. The van der Waals surface area contributed by atoms with Crippen molar-refractivity contribution in [3.8, 4) is 17.0 Å². The Morgan fingerprint density at radius 3 is 2.56 bits per heavy atom. The van der Waals surface area contributed by atoms with Crippen LogP contribution >= 0.6 is 7.82 Å². The second-order valence-electron chi connectivity index (χ2n) is 10.1. The lowest BCUT2D eigenvalue weighted by Crippen LogP contribution is -2.63. The highest BCUT2D eigenvalue weighted by molar-refractivity contribution is 7.47. The number of benzene rings is 1. The minimum Gasteiger partial charge on any atom is -0.398 e. The van der Waals surface area contributed by atoms with E-state index >= 15 is 0 Å². The fourth-order valence-electron chi connectivity index (χ4n) is 5.02. The quantitative estimate of drug-likeness (QED) is 0.157. The lowest BCUT2D eigenvalue weighted by Gasteiger charge is -2.44. The number of aromatic nitrogens is 5. The molecule has 3 atom stereocenters. The molecule has 18 heteroatoms. The number of imidazole rings is 1. The maximum Gasteiger partial charge on any atom is 0.527 e. The van der Waals surface area contributed by atoms with Crippen LogP contribution in [0, 0.1) is 11.6 Å². The molecule has 1 unspecified atom stereocenters. The van der Waals surface area contributed by atoms with Crippen molar-refractivity contribution in [2.24, 2.45) is 5.73 Å². The summed E-state index contributed by atoms with van der Waals surface area (Å²) in [5.41, 5.74) is 12.3. The summed E-state index contributed by atoms with van der Waals surface area (Å²) in [5.74, 6) is -3.53. The number of pyridine rings is 1. The minimum atomic E-state index is -4.75. The van der Waals surface area contributed by atoms with Crippen LogP contribution in [0.1, 0.15) is 18.4 Å². The van der Waals surface area contributed by atoms with Crippen LogP contribution in [0.2, 0.25) is 0 Å². The standard InChI is InChI=1S/C25H27F4N8O5P/c1-41-43(39,40)42-20-15(26)5-13(6-16(20)27)17-7-14(9-37-12-35-19-23(30)33-11-34-24(19)37)18(8-32-17)36-4-2-3-25(31,10-36)21(38)22(28)29/h5-8,11-12,21-22,38H,2-4,9-10,31H2,1H3,(H,39,40)(H2,30,33,34)/t21-,25-/m1/s1. The van der Waals surface area contributed by atoms with Gasteiger partial charge in [-0.05, 0) is 36.6 Å². The summed E-state index contributed by atoms with van der Waals surface area (Å²) in [4.78, 5) is 28.0. The third-order valence-electron chi connectivity index (χ3n) is 7.19. The number of halogens is 4. The van der Waals surface area contributed by atoms with Crippen molar-refractivity contribution in [3.63, 3.8) is 0 Å². The average molecular weight is 627 g/mol. The lowest BCUT2D eigenvalue weighted by atomic mass is 9.84. The van der Waals surface area contributed by atoms with Gasteiger partial charge in [0.25, 0.3) is 6.43 Å². The maximum atomic E-state index is 14.9. The van der Waals surface area contributed by atoms with Gasteiger partial charge in [-0.25, -0.2) is 37.1 Å². The van der Waals surface area contributed by atoms with E-state index in [-0.39, 0.29) is 36.6 Å². The van der Waals surface area contributed by atoms with Crippen LogP contribution in [0.15, 0.2) is 37.1 Å². The summed E-state index contributed by atoms with van der Waals surface area (Å²) >= 11 is 0. The van der Waals surface area contributed by atoms with Crippen LogP contribution < -0.4 is 20.9 Å². The Balaban J connectivity index is 1.58. The molecule has 6 N–H and O–H groups in total. The molecule has 1 aliphatic heterocycles. The predicted octanol–water partition coefficient (Wildman–Crippen LogP) is 2.85. The number of nitrogen functional groups attached to an aromatic ring is 1. The Hall–Kier alpha value is -3.89. The summed E-state index contributed by atoms with van der Waals surface area (Å²) in [6.45, 7) is 0.359. The van der Waals surface area contributed by atoms with Gasteiger partial charge >= 0.3 is 7.82 Å². The predicted molar refractivity (Wildman–Crippen MR) is 146 cm³/mol. The summed E-state index contributed by atoms with van der Waals surface area (Å²) in [6.07, 6.45) is -0.422. The van der Waals surface area contributed by atoms with Crippen molar-refractivity contribution in [3.05, 3.63) is 54.2 Å². The van der Waals surface area contributed by atoms with Gasteiger partial charge in [0.2, 0.25) is 5.75 Å². The zero-order valence-electron chi connectivity index (χ0n) is 22.6. The van der Waals surface area contributed by atoms with E-state index < -0.39 is 43.3 Å². The van der Waals surface area contributed by atoms with Gasteiger partial charge in [0, 0.05) is 25.8 Å². The Kier molecular flexibility index (Phi) is 8.28. The van der Waals surface area contributed by atoms with Gasteiger partial charge in [0.1, 0.15) is 17.9 Å². The SMILES string of the molecule is COP(=O)(O)Oc1c(F)cc(-c2cc(Cn3cnc4c(N)ncnc43)c(N3CCC[C@](N)([C@H](O)C(F)F)C3)cn2)cc1F. The summed E-state index contributed by atoms with van der Waals surface area (Å²) < 4.78 is 78.7. The van der Waals surface area contributed by atoms with E-state index in [9.17, 15) is 32.1 Å².